The molecular weight excluding hydrogens is 248 g/mol. The van der Waals surface area contributed by atoms with E-state index in [2.05, 4.69) is 37.8 Å². The molecular formula is C17H26N2O. The number of fused-ring (bicyclic) bond motifs is 1. The van der Waals surface area contributed by atoms with E-state index in [0.717, 1.165) is 29.7 Å². The van der Waals surface area contributed by atoms with Crippen molar-refractivity contribution in [2.75, 3.05) is 13.2 Å². The van der Waals surface area contributed by atoms with Gasteiger partial charge >= 0.3 is 0 Å². The van der Waals surface area contributed by atoms with Crippen molar-refractivity contribution in [1.82, 2.24) is 4.90 Å². The van der Waals surface area contributed by atoms with Gasteiger partial charge in [-0.25, -0.2) is 0 Å². The van der Waals surface area contributed by atoms with Crippen molar-refractivity contribution in [2.24, 2.45) is 17.6 Å². The minimum Gasteiger partial charge on any atom is -0.492 e. The van der Waals surface area contributed by atoms with E-state index in [1.165, 1.54) is 6.42 Å². The van der Waals surface area contributed by atoms with Gasteiger partial charge in [0.15, 0.2) is 0 Å². The van der Waals surface area contributed by atoms with Crippen LogP contribution in [0.15, 0.2) is 24.3 Å². The van der Waals surface area contributed by atoms with E-state index in [1.54, 1.807) is 0 Å². The molecule has 20 heavy (non-hydrogen) atoms. The second-order valence-electron chi connectivity index (χ2n) is 6.70. The molecule has 1 fully saturated rings. The van der Waals surface area contributed by atoms with E-state index in [1.807, 2.05) is 12.1 Å². The zero-order chi connectivity index (χ0) is 14.3. The van der Waals surface area contributed by atoms with Crippen LogP contribution in [0.1, 0.15) is 38.8 Å². The molecule has 3 heteroatoms. The van der Waals surface area contributed by atoms with Crippen LogP contribution in [0.5, 0.6) is 5.75 Å². The highest BCUT2D eigenvalue weighted by atomic mass is 16.5. The quantitative estimate of drug-likeness (QED) is 0.856. The number of hydrogen-bond donors (Lipinski definition) is 1. The van der Waals surface area contributed by atoms with Crippen LogP contribution >= 0.6 is 0 Å². The Morgan fingerprint density at radius 2 is 1.95 bits per heavy atom. The molecule has 1 aromatic rings. The average molecular weight is 274 g/mol. The predicted molar refractivity (Wildman–Crippen MR) is 81.8 cm³/mol. The van der Waals surface area contributed by atoms with Crippen LogP contribution in [0.2, 0.25) is 0 Å². The fraction of sp³-hybridized carbons (Fsp3) is 0.647. The predicted octanol–water partition coefficient (Wildman–Crippen LogP) is 2.81. The van der Waals surface area contributed by atoms with Crippen LogP contribution in [0.3, 0.4) is 0 Å². The molecule has 0 aliphatic carbocycles. The van der Waals surface area contributed by atoms with Gasteiger partial charge in [-0.2, -0.15) is 0 Å². The van der Waals surface area contributed by atoms with Gasteiger partial charge in [-0.05, 0) is 31.2 Å². The van der Waals surface area contributed by atoms with Crippen LogP contribution in [-0.2, 0) is 0 Å². The monoisotopic (exact) mass is 274 g/mol. The first-order chi connectivity index (χ1) is 9.58. The Bertz CT molecular complexity index is 476. The molecule has 0 spiro atoms. The summed E-state index contributed by atoms with van der Waals surface area (Å²) < 4.78 is 5.96. The first-order valence-corrected chi connectivity index (χ1v) is 7.81. The molecule has 0 amide bonds. The molecule has 3 rings (SSSR count). The fourth-order valence-electron chi connectivity index (χ4n) is 3.87. The van der Waals surface area contributed by atoms with Gasteiger partial charge in [-0.1, -0.05) is 32.0 Å². The smallest absolute Gasteiger partial charge is 0.124 e. The van der Waals surface area contributed by atoms with E-state index in [9.17, 15) is 0 Å². The Hall–Kier alpha value is -1.06. The average Bonchev–Trinajstić information content (AvgIpc) is 2.44. The number of rotatable bonds is 1. The Balaban J connectivity index is 1.84. The number of piperidine rings is 1. The number of ether oxygens (including phenoxy) is 1. The first-order valence-electron chi connectivity index (χ1n) is 7.81. The van der Waals surface area contributed by atoms with Crippen LogP contribution in [-0.4, -0.2) is 30.1 Å². The Labute approximate surface area is 122 Å². The summed E-state index contributed by atoms with van der Waals surface area (Å²) in [5.74, 6) is 2.43. The zero-order valence-electron chi connectivity index (χ0n) is 12.8. The van der Waals surface area contributed by atoms with Crippen molar-refractivity contribution in [1.29, 1.82) is 0 Å². The van der Waals surface area contributed by atoms with Crippen LogP contribution < -0.4 is 10.5 Å². The maximum absolute atomic E-state index is 6.55. The first kappa shape index (κ1) is 13.9. The molecule has 3 nitrogen and oxygen atoms in total. The van der Waals surface area contributed by atoms with Gasteiger partial charge in [0.25, 0.3) is 0 Å². The largest absolute Gasteiger partial charge is 0.492 e. The summed E-state index contributed by atoms with van der Waals surface area (Å²) in [6.07, 6.45) is 1.32. The van der Waals surface area contributed by atoms with Gasteiger partial charge in [0, 0.05) is 18.2 Å². The number of hydrogen-bond acceptors (Lipinski definition) is 3. The van der Waals surface area contributed by atoms with E-state index >= 15 is 0 Å². The molecule has 0 bridgehead atoms. The maximum atomic E-state index is 6.55. The topological polar surface area (TPSA) is 38.5 Å². The van der Waals surface area contributed by atoms with Crippen molar-refractivity contribution in [3.63, 3.8) is 0 Å². The third kappa shape index (κ3) is 2.33. The summed E-state index contributed by atoms with van der Waals surface area (Å²) in [5.41, 5.74) is 7.71. The normalized spacial score (nSPS) is 38.1. The van der Waals surface area contributed by atoms with Gasteiger partial charge in [-0.15, -0.1) is 0 Å². The molecule has 2 N–H and O–H groups in total. The van der Waals surface area contributed by atoms with Crippen molar-refractivity contribution in [3.8, 4) is 5.75 Å². The van der Waals surface area contributed by atoms with Gasteiger partial charge in [0.2, 0.25) is 0 Å². The number of nitrogens with zero attached hydrogens (tertiary/aromatic N) is 1. The zero-order valence-corrected chi connectivity index (χ0v) is 12.8. The molecule has 0 aromatic heterocycles. The number of nitrogens with two attached hydrogens (primary N) is 1. The summed E-state index contributed by atoms with van der Waals surface area (Å²) in [4.78, 5) is 2.58. The van der Waals surface area contributed by atoms with Crippen LogP contribution in [0.25, 0.3) is 0 Å². The summed E-state index contributed by atoms with van der Waals surface area (Å²) in [7, 11) is 0. The highest BCUT2D eigenvalue weighted by Gasteiger charge is 2.39. The lowest BCUT2D eigenvalue weighted by atomic mass is 9.83. The van der Waals surface area contributed by atoms with Gasteiger partial charge < -0.3 is 10.5 Å². The van der Waals surface area contributed by atoms with Crippen LogP contribution in [0.4, 0.5) is 0 Å². The second kappa shape index (κ2) is 5.38. The van der Waals surface area contributed by atoms with Gasteiger partial charge in [0.05, 0.1) is 12.1 Å². The summed E-state index contributed by atoms with van der Waals surface area (Å²) >= 11 is 0. The Kier molecular flexibility index (Phi) is 3.74. The Morgan fingerprint density at radius 1 is 1.20 bits per heavy atom. The number of benzene rings is 1. The molecule has 1 saturated heterocycles. The minimum atomic E-state index is 0.0555. The van der Waals surface area contributed by atoms with Crippen molar-refractivity contribution < 1.29 is 4.74 Å². The highest BCUT2D eigenvalue weighted by molar-refractivity contribution is 5.38. The van der Waals surface area contributed by atoms with Gasteiger partial charge in [0.1, 0.15) is 12.4 Å². The SMILES string of the molecule is CC1CC(C)C(C)N(C2COc3ccccc3C2N)C1. The van der Waals surface area contributed by atoms with E-state index < -0.39 is 0 Å². The summed E-state index contributed by atoms with van der Waals surface area (Å²) in [6, 6.07) is 9.12. The third-order valence-corrected chi connectivity index (χ3v) is 5.17. The maximum Gasteiger partial charge on any atom is 0.124 e. The molecule has 0 saturated carbocycles. The van der Waals surface area contributed by atoms with Crippen molar-refractivity contribution in [2.45, 2.75) is 45.3 Å². The van der Waals surface area contributed by atoms with E-state index in [4.69, 9.17) is 10.5 Å². The molecule has 1 aromatic carbocycles. The van der Waals surface area contributed by atoms with Crippen molar-refractivity contribution in [3.05, 3.63) is 29.8 Å². The molecule has 2 aliphatic rings. The van der Waals surface area contributed by atoms with E-state index in [-0.39, 0.29) is 6.04 Å². The standard InChI is InChI=1S/C17H26N2O/c1-11-8-12(2)13(3)19(9-11)15-10-20-16-7-5-4-6-14(16)17(15)18/h4-7,11-13,15,17H,8-10,18H2,1-3H3. The lowest BCUT2D eigenvalue weighted by Crippen LogP contribution is -2.57. The number of likely N-dealkylation sites (tertiary alicyclic amines) is 1. The molecule has 2 heterocycles. The van der Waals surface area contributed by atoms with E-state index in [0.29, 0.717) is 18.7 Å². The molecule has 2 aliphatic heterocycles. The third-order valence-electron chi connectivity index (χ3n) is 5.17. The highest BCUT2D eigenvalue weighted by Crippen LogP contribution is 2.36. The van der Waals surface area contributed by atoms with Crippen LogP contribution in [0, 0.1) is 11.8 Å². The second-order valence-corrected chi connectivity index (χ2v) is 6.70. The summed E-state index contributed by atoms with van der Waals surface area (Å²) in [6.45, 7) is 8.89. The molecule has 5 atom stereocenters. The lowest BCUT2D eigenvalue weighted by molar-refractivity contribution is 0.00325. The molecule has 5 unspecified atom stereocenters. The fourth-order valence-corrected chi connectivity index (χ4v) is 3.87. The molecule has 110 valence electrons. The summed E-state index contributed by atoms with van der Waals surface area (Å²) in [5, 5.41) is 0. The Morgan fingerprint density at radius 3 is 2.75 bits per heavy atom. The lowest BCUT2D eigenvalue weighted by Gasteiger charge is -2.48. The number of para-hydroxylation sites is 1. The minimum absolute atomic E-state index is 0.0555. The van der Waals surface area contributed by atoms with Gasteiger partial charge in [-0.3, -0.25) is 4.90 Å². The van der Waals surface area contributed by atoms with Crippen molar-refractivity contribution >= 4 is 0 Å². The molecule has 0 radical (unpaired) electrons.